The second-order valence-corrected chi connectivity index (χ2v) is 8.96. The lowest BCUT2D eigenvalue weighted by Gasteiger charge is -2.42. The van der Waals surface area contributed by atoms with Crippen LogP contribution in [-0.2, 0) is 25.6 Å². The maximum Gasteiger partial charge on any atom is 0.407 e. The summed E-state index contributed by atoms with van der Waals surface area (Å²) in [5.74, 6) is -0.556. The number of aliphatic hydroxyl groups is 1. The van der Waals surface area contributed by atoms with Gasteiger partial charge in [-0.1, -0.05) is 30.3 Å². The Bertz CT molecular complexity index is 778. The van der Waals surface area contributed by atoms with E-state index in [4.69, 9.17) is 14.2 Å². The number of rotatable bonds is 7. The van der Waals surface area contributed by atoms with Crippen LogP contribution in [0.4, 0.5) is 9.59 Å². The SMILES string of the molecule is CCOC(=O)CC1(O)CC[C@H](NC(=O)OCc2ccccc2)C[C@H]1NC(=O)OC(C)(C)C. The molecule has 1 saturated carbocycles. The number of alkyl carbamates (subject to hydrolysis) is 2. The second-order valence-electron chi connectivity index (χ2n) is 8.96. The molecule has 1 aliphatic rings. The predicted molar refractivity (Wildman–Crippen MR) is 117 cm³/mol. The predicted octanol–water partition coefficient (Wildman–Crippen LogP) is 3.04. The third kappa shape index (κ3) is 8.37. The molecule has 0 aliphatic heterocycles. The number of nitrogens with one attached hydrogen (secondary N) is 2. The minimum absolute atomic E-state index is 0.131. The summed E-state index contributed by atoms with van der Waals surface area (Å²) in [7, 11) is 0. The fraction of sp³-hybridized carbons (Fsp3) is 0.609. The average molecular weight is 451 g/mol. The monoisotopic (exact) mass is 450 g/mol. The highest BCUT2D eigenvalue weighted by Crippen LogP contribution is 2.32. The molecule has 0 aromatic heterocycles. The minimum Gasteiger partial charge on any atom is -0.466 e. The van der Waals surface area contributed by atoms with E-state index in [9.17, 15) is 19.5 Å². The molecule has 1 aromatic carbocycles. The van der Waals surface area contributed by atoms with Gasteiger partial charge in [0.15, 0.2) is 0 Å². The zero-order valence-electron chi connectivity index (χ0n) is 19.2. The highest BCUT2D eigenvalue weighted by atomic mass is 16.6. The Morgan fingerprint density at radius 1 is 1.09 bits per heavy atom. The van der Waals surface area contributed by atoms with Crippen LogP contribution in [0.1, 0.15) is 58.9 Å². The van der Waals surface area contributed by atoms with E-state index in [0.717, 1.165) is 5.56 Å². The van der Waals surface area contributed by atoms with Crippen molar-refractivity contribution in [1.82, 2.24) is 10.6 Å². The molecule has 32 heavy (non-hydrogen) atoms. The summed E-state index contributed by atoms with van der Waals surface area (Å²) in [5, 5.41) is 16.6. The number of benzene rings is 1. The smallest absolute Gasteiger partial charge is 0.407 e. The lowest BCUT2D eigenvalue weighted by Crippen LogP contribution is -2.60. The van der Waals surface area contributed by atoms with E-state index in [1.165, 1.54) is 0 Å². The maximum absolute atomic E-state index is 12.3. The first kappa shape index (κ1) is 25.5. The van der Waals surface area contributed by atoms with Crippen molar-refractivity contribution >= 4 is 18.2 Å². The standard InChI is InChI=1S/C23H34N2O7/c1-5-30-19(26)14-23(29)12-11-17(13-18(23)25-21(28)32-22(2,3)4)24-20(27)31-15-16-9-7-6-8-10-16/h6-10,17-18,29H,5,11-15H2,1-4H3,(H,24,27)(H,25,28)/t17-,18+,23?/m0/s1. The highest BCUT2D eigenvalue weighted by molar-refractivity contribution is 5.72. The number of hydrogen-bond acceptors (Lipinski definition) is 7. The summed E-state index contributed by atoms with van der Waals surface area (Å²) in [6.07, 6.45) is -0.788. The summed E-state index contributed by atoms with van der Waals surface area (Å²) >= 11 is 0. The van der Waals surface area contributed by atoms with Crippen LogP contribution in [0, 0.1) is 0 Å². The van der Waals surface area contributed by atoms with Crippen molar-refractivity contribution in [2.24, 2.45) is 0 Å². The van der Waals surface area contributed by atoms with Crippen molar-refractivity contribution in [3.8, 4) is 0 Å². The molecule has 9 heteroatoms. The van der Waals surface area contributed by atoms with E-state index >= 15 is 0 Å². The summed E-state index contributed by atoms with van der Waals surface area (Å²) in [6, 6.07) is 8.11. The number of amides is 2. The Hall–Kier alpha value is -2.81. The van der Waals surface area contributed by atoms with Crippen LogP contribution in [0.5, 0.6) is 0 Å². The Kier molecular flexibility index (Phi) is 8.89. The zero-order valence-corrected chi connectivity index (χ0v) is 19.2. The molecular weight excluding hydrogens is 416 g/mol. The number of carbonyl (C=O) groups excluding carboxylic acids is 3. The van der Waals surface area contributed by atoms with Gasteiger partial charge in [-0.3, -0.25) is 4.79 Å². The van der Waals surface area contributed by atoms with Gasteiger partial charge in [-0.05, 0) is 52.5 Å². The molecule has 0 radical (unpaired) electrons. The van der Waals surface area contributed by atoms with Crippen molar-refractivity contribution < 1.29 is 33.7 Å². The first-order valence-electron chi connectivity index (χ1n) is 10.9. The van der Waals surface area contributed by atoms with E-state index in [0.29, 0.717) is 6.42 Å². The largest absolute Gasteiger partial charge is 0.466 e. The number of hydrogen-bond donors (Lipinski definition) is 3. The first-order chi connectivity index (χ1) is 15.0. The van der Waals surface area contributed by atoms with Gasteiger partial charge in [0.2, 0.25) is 0 Å². The van der Waals surface area contributed by atoms with Gasteiger partial charge >= 0.3 is 18.2 Å². The average Bonchev–Trinajstić information content (AvgIpc) is 2.69. The normalized spacial score (nSPS) is 23.0. The quantitative estimate of drug-likeness (QED) is 0.431. The molecule has 3 N–H and O–H groups in total. The third-order valence-corrected chi connectivity index (χ3v) is 5.08. The van der Waals surface area contributed by atoms with Gasteiger partial charge in [-0.2, -0.15) is 0 Å². The molecule has 1 aliphatic carbocycles. The van der Waals surface area contributed by atoms with Gasteiger partial charge in [0.25, 0.3) is 0 Å². The van der Waals surface area contributed by atoms with Crippen molar-refractivity contribution in [3.63, 3.8) is 0 Å². The second kappa shape index (κ2) is 11.2. The van der Waals surface area contributed by atoms with Crippen molar-refractivity contribution in [2.75, 3.05) is 6.61 Å². The minimum atomic E-state index is -1.52. The summed E-state index contributed by atoms with van der Waals surface area (Å²) in [4.78, 5) is 36.6. The van der Waals surface area contributed by atoms with Crippen molar-refractivity contribution in [3.05, 3.63) is 35.9 Å². The molecule has 2 amide bonds. The lowest BCUT2D eigenvalue weighted by molar-refractivity contribution is -0.151. The van der Waals surface area contributed by atoms with Crippen LogP contribution in [0.15, 0.2) is 30.3 Å². The van der Waals surface area contributed by atoms with E-state index in [1.807, 2.05) is 30.3 Å². The Labute approximate surface area is 188 Å². The number of carbonyl (C=O) groups is 3. The van der Waals surface area contributed by atoms with Crippen LogP contribution in [0.25, 0.3) is 0 Å². The molecule has 2 rings (SSSR count). The molecule has 178 valence electrons. The molecule has 1 aromatic rings. The molecule has 3 atom stereocenters. The van der Waals surface area contributed by atoms with E-state index in [1.54, 1.807) is 27.7 Å². The van der Waals surface area contributed by atoms with E-state index in [-0.39, 0.29) is 38.5 Å². The molecule has 0 bridgehead atoms. The lowest BCUT2D eigenvalue weighted by atomic mass is 9.76. The molecular formula is C23H34N2O7. The van der Waals surface area contributed by atoms with Crippen LogP contribution in [0.3, 0.4) is 0 Å². The number of ether oxygens (including phenoxy) is 3. The molecule has 0 saturated heterocycles. The summed E-state index contributed by atoms with van der Waals surface area (Å²) in [6.45, 7) is 7.19. The van der Waals surface area contributed by atoms with Gasteiger partial charge in [-0.15, -0.1) is 0 Å². The topological polar surface area (TPSA) is 123 Å². The van der Waals surface area contributed by atoms with Crippen LogP contribution in [-0.4, -0.2) is 53.2 Å². The van der Waals surface area contributed by atoms with E-state index < -0.39 is 35.4 Å². The van der Waals surface area contributed by atoms with Crippen molar-refractivity contribution in [2.45, 2.75) is 83.3 Å². The third-order valence-electron chi connectivity index (χ3n) is 5.08. The molecule has 0 spiro atoms. The Balaban J connectivity index is 2.01. The maximum atomic E-state index is 12.3. The Morgan fingerprint density at radius 2 is 1.78 bits per heavy atom. The molecule has 0 heterocycles. The van der Waals surface area contributed by atoms with Gasteiger partial charge in [0.1, 0.15) is 12.2 Å². The van der Waals surface area contributed by atoms with E-state index in [2.05, 4.69) is 10.6 Å². The van der Waals surface area contributed by atoms with Crippen LogP contribution >= 0.6 is 0 Å². The molecule has 9 nitrogen and oxygen atoms in total. The van der Waals surface area contributed by atoms with Crippen molar-refractivity contribution in [1.29, 1.82) is 0 Å². The van der Waals surface area contributed by atoms with Gasteiger partial charge in [-0.25, -0.2) is 9.59 Å². The van der Waals surface area contributed by atoms with Crippen LogP contribution < -0.4 is 10.6 Å². The first-order valence-corrected chi connectivity index (χ1v) is 10.9. The van der Waals surface area contributed by atoms with Gasteiger partial charge in [0.05, 0.1) is 24.7 Å². The molecule has 1 fully saturated rings. The summed E-state index contributed by atoms with van der Waals surface area (Å²) < 4.78 is 15.5. The Morgan fingerprint density at radius 3 is 2.41 bits per heavy atom. The summed E-state index contributed by atoms with van der Waals surface area (Å²) in [5.41, 5.74) is -1.38. The fourth-order valence-electron chi connectivity index (χ4n) is 3.60. The zero-order chi connectivity index (χ0) is 23.8. The van der Waals surface area contributed by atoms with Crippen LogP contribution in [0.2, 0.25) is 0 Å². The van der Waals surface area contributed by atoms with Gasteiger partial charge in [0, 0.05) is 6.04 Å². The highest BCUT2D eigenvalue weighted by Gasteiger charge is 2.45. The van der Waals surface area contributed by atoms with Gasteiger partial charge < -0.3 is 30.0 Å². The fourth-order valence-corrected chi connectivity index (χ4v) is 3.60. The molecule has 1 unspecified atom stereocenters. The number of esters is 1.